The number of benzene rings is 3. The van der Waals surface area contributed by atoms with Gasteiger partial charge in [0.15, 0.2) is 0 Å². The average molecular weight is 500 g/mol. The number of hydrogen-bond donors (Lipinski definition) is 2. The van der Waals surface area contributed by atoms with Crippen molar-refractivity contribution in [2.75, 3.05) is 72.9 Å². The topological polar surface area (TPSA) is 77.2 Å². The normalized spacial score (nSPS) is 15.9. The van der Waals surface area contributed by atoms with Crippen LogP contribution >= 0.6 is 0 Å². The van der Waals surface area contributed by atoms with Gasteiger partial charge in [-0.1, -0.05) is 24.3 Å². The van der Waals surface area contributed by atoms with E-state index in [0.29, 0.717) is 31.7 Å². The highest BCUT2D eigenvalue weighted by Gasteiger charge is 2.23. The van der Waals surface area contributed by atoms with E-state index in [-0.39, 0.29) is 11.9 Å². The Morgan fingerprint density at radius 2 is 1.41 bits per heavy atom. The molecule has 5 rings (SSSR count). The molecule has 0 aromatic heterocycles. The number of carbonyl (C=O) groups is 2. The molecule has 0 saturated carbocycles. The maximum absolute atomic E-state index is 13.0. The molecule has 192 valence electrons. The Kier molecular flexibility index (Phi) is 7.56. The number of hydrogen-bond acceptors (Lipinski definition) is 5. The van der Waals surface area contributed by atoms with Crippen molar-refractivity contribution in [3.63, 3.8) is 0 Å². The first-order valence-corrected chi connectivity index (χ1v) is 12.8. The molecule has 2 aliphatic heterocycles. The van der Waals surface area contributed by atoms with E-state index in [1.807, 2.05) is 77.7 Å². The van der Waals surface area contributed by atoms with Gasteiger partial charge in [0.05, 0.1) is 13.2 Å². The second-order valence-corrected chi connectivity index (χ2v) is 9.37. The van der Waals surface area contributed by atoms with Gasteiger partial charge in [-0.15, -0.1) is 0 Å². The minimum absolute atomic E-state index is 0.0876. The van der Waals surface area contributed by atoms with Gasteiger partial charge in [-0.3, -0.25) is 4.79 Å². The van der Waals surface area contributed by atoms with Crippen LogP contribution in [0.4, 0.5) is 27.5 Å². The molecule has 2 heterocycles. The molecule has 8 heteroatoms. The lowest BCUT2D eigenvalue weighted by Crippen LogP contribution is -2.50. The lowest BCUT2D eigenvalue weighted by Gasteiger charge is -2.37. The third kappa shape index (κ3) is 6.03. The monoisotopic (exact) mass is 499 g/mol. The first kappa shape index (κ1) is 24.6. The molecular weight excluding hydrogens is 466 g/mol. The van der Waals surface area contributed by atoms with Gasteiger partial charge in [-0.05, 0) is 61.0 Å². The fraction of sp³-hybridized carbons (Fsp3) is 0.310. The summed E-state index contributed by atoms with van der Waals surface area (Å²) in [5.74, 6) is -0.138. The molecule has 0 spiro atoms. The van der Waals surface area contributed by atoms with Crippen molar-refractivity contribution >= 4 is 34.7 Å². The lowest BCUT2D eigenvalue weighted by atomic mass is 10.1. The van der Waals surface area contributed by atoms with E-state index < -0.39 is 0 Å². The average Bonchev–Trinajstić information content (AvgIpc) is 2.95. The van der Waals surface area contributed by atoms with E-state index in [1.165, 1.54) is 0 Å². The standard InChI is InChI=1S/C29H33N5O3/c1-22-7-8-23(28(35)30-25-9-11-26(12-10-25)32-17-19-37-20-18-32)21-27(22)33-13-15-34(16-14-33)29(36)31-24-5-3-2-4-6-24/h2-12,21H,13-20H2,1H3,(H,30,35)(H,31,36). The number of anilines is 4. The second-order valence-electron chi connectivity index (χ2n) is 9.37. The first-order valence-electron chi connectivity index (χ1n) is 12.8. The van der Waals surface area contributed by atoms with E-state index in [2.05, 4.69) is 27.4 Å². The number of amides is 3. The van der Waals surface area contributed by atoms with Crippen LogP contribution in [0.1, 0.15) is 15.9 Å². The molecule has 3 aromatic rings. The predicted molar refractivity (Wildman–Crippen MR) is 148 cm³/mol. The van der Waals surface area contributed by atoms with Gasteiger partial charge in [0, 0.05) is 67.6 Å². The summed E-state index contributed by atoms with van der Waals surface area (Å²) in [5.41, 5.74) is 5.44. The Morgan fingerprint density at radius 3 is 2.11 bits per heavy atom. The zero-order valence-electron chi connectivity index (χ0n) is 21.2. The minimum atomic E-state index is -0.138. The molecule has 2 aliphatic rings. The molecule has 0 unspecified atom stereocenters. The first-order chi connectivity index (χ1) is 18.1. The number of nitrogens with zero attached hydrogens (tertiary/aromatic N) is 3. The Labute approximate surface area is 217 Å². The van der Waals surface area contributed by atoms with Crippen molar-refractivity contribution in [3.05, 3.63) is 83.9 Å². The fourth-order valence-electron chi connectivity index (χ4n) is 4.75. The molecule has 3 aromatic carbocycles. The van der Waals surface area contributed by atoms with E-state index in [9.17, 15) is 9.59 Å². The van der Waals surface area contributed by atoms with Gasteiger partial charge in [0.25, 0.3) is 5.91 Å². The van der Waals surface area contributed by atoms with Crippen LogP contribution in [0.3, 0.4) is 0 Å². The highest BCUT2D eigenvalue weighted by molar-refractivity contribution is 6.05. The Hall–Kier alpha value is -4.04. The van der Waals surface area contributed by atoms with Crippen molar-refractivity contribution in [1.82, 2.24) is 4.90 Å². The van der Waals surface area contributed by atoms with E-state index in [4.69, 9.17) is 4.74 Å². The minimum Gasteiger partial charge on any atom is -0.378 e. The molecule has 2 fully saturated rings. The molecule has 0 aliphatic carbocycles. The van der Waals surface area contributed by atoms with Gasteiger partial charge in [-0.25, -0.2) is 4.79 Å². The van der Waals surface area contributed by atoms with Gasteiger partial charge in [0.1, 0.15) is 0 Å². The zero-order chi connectivity index (χ0) is 25.6. The molecule has 2 saturated heterocycles. The SMILES string of the molecule is Cc1ccc(C(=O)Nc2ccc(N3CCOCC3)cc2)cc1N1CCN(C(=O)Nc2ccccc2)CC1. The molecule has 0 atom stereocenters. The van der Waals surface area contributed by atoms with Crippen LogP contribution in [0, 0.1) is 6.92 Å². The Balaban J connectivity index is 1.19. The molecule has 8 nitrogen and oxygen atoms in total. The maximum atomic E-state index is 13.0. The Morgan fingerprint density at radius 1 is 0.730 bits per heavy atom. The highest BCUT2D eigenvalue weighted by atomic mass is 16.5. The highest BCUT2D eigenvalue weighted by Crippen LogP contribution is 2.25. The largest absolute Gasteiger partial charge is 0.378 e. The smallest absolute Gasteiger partial charge is 0.321 e. The van der Waals surface area contributed by atoms with Crippen LogP contribution in [-0.4, -0.2) is 69.3 Å². The number of morpholine rings is 1. The third-order valence-electron chi connectivity index (χ3n) is 6.91. The summed E-state index contributed by atoms with van der Waals surface area (Å²) in [6.45, 7) is 7.93. The lowest BCUT2D eigenvalue weighted by molar-refractivity contribution is 0.102. The molecule has 0 bridgehead atoms. The molecule has 2 N–H and O–H groups in total. The number of para-hydroxylation sites is 1. The summed E-state index contributed by atoms with van der Waals surface area (Å²) in [7, 11) is 0. The third-order valence-corrected chi connectivity index (χ3v) is 6.91. The fourth-order valence-corrected chi connectivity index (χ4v) is 4.75. The van der Waals surface area contributed by atoms with E-state index in [1.54, 1.807) is 0 Å². The summed E-state index contributed by atoms with van der Waals surface area (Å²) in [6.07, 6.45) is 0. The number of urea groups is 1. The van der Waals surface area contributed by atoms with Gasteiger partial charge >= 0.3 is 6.03 Å². The van der Waals surface area contributed by atoms with Crippen molar-refractivity contribution in [2.45, 2.75) is 6.92 Å². The summed E-state index contributed by atoms with van der Waals surface area (Å²) < 4.78 is 5.42. The van der Waals surface area contributed by atoms with Crippen LogP contribution in [0.5, 0.6) is 0 Å². The number of nitrogens with one attached hydrogen (secondary N) is 2. The summed E-state index contributed by atoms with van der Waals surface area (Å²) in [5, 5.41) is 5.98. The Bertz CT molecular complexity index is 1220. The number of ether oxygens (including phenoxy) is 1. The van der Waals surface area contributed by atoms with Crippen LogP contribution in [-0.2, 0) is 4.74 Å². The molecule has 37 heavy (non-hydrogen) atoms. The number of rotatable bonds is 5. The second kappa shape index (κ2) is 11.3. The van der Waals surface area contributed by atoms with Crippen molar-refractivity contribution in [3.8, 4) is 0 Å². The summed E-state index contributed by atoms with van der Waals surface area (Å²) >= 11 is 0. The quantitative estimate of drug-likeness (QED) is 0.543. The van der Waals surface area contributed by atoms with Crippen LogP contribution < -0.4 is 20.4 Å². The zero-order valence-corrected chi connectivity index (χ0v) is 21.2. The van der Waals surface area contributed by atoms with Crippen LogP contribution in [0.15, 0.2) is 72.8 Å². The van der Waals surface area contributed by atoms with Crippen molar-refractivity contribution in [2.24, 2.45) is 0 Å². The van der Waals surface area contributed by atoms with Gasteiger partial charge in [0.2, 0.25) is 0 Å². The summed E-state index contributed by atoms with van der Waals surface area (Å²) in [4.78, 5) is 32.0. The van der Waals surface area contributed by atoms with E-state index in [0.717, 1.165) is 54.6 Å². The van der Waals surface area contributed by atoms with Gasteiger partial charge in [-0.2, -0.15) is 0 Å². The van der Waals surface area contributed by atoms with Crippen molar-refractivity contribution < 1.29 is 14.3 Å². The van der Waals surface area contributed by atoms with Crippen LogP contribution in [0.25, 0.3) is 0 Å². The van der Waals surface area contributed by atoms with Crippen LogP contribution in [0.2, 0.25) is 0 Å². The number of carbonyl (C=O) groups excluding carboxylic acids is 2. The molecule has 0 radical (unpaired) electrons. The predicted octanol–water partition coefficient (Wildman–Crippen LogP) is 4.44. The van der Waals surface area contributed by atoms with Gasteiger partial charge < -0.3 is 30.1 Å². The number of piperazine rings is 1. The van der Waals surface area contributed by atoms with Crippen molar-refractivity contribution in [1.29, 1.82) is 0 Å². The summed E-state index contributed by atoms with van der Waals surface area (Å²) in [6, 6.07) is 23.2. The molecular formula is C29H33N5O3. The van der Waals surface area contributed by atoms with E-state index >= 15 is 0 Å². The maximum Gasteiger partial charge on any atom is 0.321 e. The number of aryl methyl sites for hydroxylation is 1. The molecule has 3 amide bonds.